The number of anilines is 1. The molecule has 132 valence electrons. The maximum Gasteiger partial charge on any atom is 0.264 e. The number of Topliss-reactive ketones (excluding diaryl/α,β-unsaturated/α-hetero) is 1. The molecule has 0 fully saturated rings. The molecule has 3 aromatic rings. The van der Waals surface area contributed by atoms with Crippen LogP contribution < -0.4 is 4.90 Å². The minimum Gasteiger partial charge on any atom is -0.375 e. The van der Waals surface area contributed by atoms with Gasteiger partial charge in [-0.15, -0.1) is 22.7 Å². The standard InChI is InChI=1S/C20H17NO3S2/c1-13-8-9-18(26-13)17(22)11-20(24)15-6-2-3-7-16(15)21(19(20)23)12-14-5-4-10-25-14/h2-10,24H,11-12H2,1H3. The molecule has 1 N–H and O–H groups in total. The van der Waals surface area contributed by atoms with Crippen molar-refractivity contribution in [3.05, 3.63) is 74.1 Å². The first kappa shape index (κ1) is 17.1. The Hall–Kier alpha value is -2.28. The summed E-state index contributed by atoms with van der Waals surface area (Å²) in [5.74, 6) is -0.652. The summed E-state index contributed by atoms with van der Waals surface area (Å²) >= 11 is 2.94. The molecule has 1 amide bonds. The first-order valence-electron chi connectivity index (χ1n) is 8.25. The van der Waals surface area contributed by atoms with Crippen LogP contribution in [0.5, 0.6) is 0 Å². The predicted molar refractivity (Wildman–Crippen MR) is 104 cm³/mol. The number of thiophene rings is 2. The van der Waals surface area contributed by atoms with Gasteiger partial charge in [-0.3, -0.25) is 9.59 Å². The highest BCUT2D eigenvalue weighted by molar-refractivity contribution is 7.14. The fourth-order valence-electron chi connectivity index (χ4n) is 3.30. The number of benzene rings is 1. The van der Waals surface area contributed by atoms with Gasteiger partial charge in [0, 0.05) is 15.3 Å². The van der Waals surface area contributed by atoms with Gasteiger partial charge < -0.3 is 10.0 Å². The third kappa shape index (κ3) is 2.80. The van der Waals surface area contributed by atoms with Crippen LogP contribution in [-0.4, -0.2) is 16.8 Å². The molecular weight excluding hydrogens is 366 g/mol. The number of rotatable bonds is 5. The lowest BCUT2D eigenvalue weighted by molar-refractivity contribution is -0.136. The molecule has 0 saturated heterocycles. The summed E-state index contributed by atoms with van der Waals surface area (Å²) < 4.78 is 0. The second-order valence-corrected chi connectivity index (χ2v) is 8.68. The number of aryl methyl sites for hydroxylation is 1. The summed E-state index contributed by atoms with van der Waals surface area (Å²) in [6, 6.07) is 14.7. The van der Waals surface area contributed by atoms with Gasteiger partial charge in [0.2, 0.25) is 0 Å². The molecule has 0 saturated carbocycles. The van der Waals surface area contributed by atoms with Crippen LogP contribution in [-0.2, 0) is 16.9 Å². The first-order chi connectivity index (χ1) is 12.5. The molecule has 0 bridgehead atoms. The van der Waals surface area contributed by atoms with E-state index in [-0.39, 0.29) is 12.2 Å². The fourth-order valence-corrected chi connectivity index (χ4v) is 4.79. The second kappa shape index (κ2) is 6.46. The van der Waals surface area contributed by atoms with Gasteiger partial charge in [0.1, 0.15) is 0 Å². The molecule has 1 aliphatic rings. The monoisotopic (exact) mass is 383 g/mol. The first-order valence-corrected chi connectivity index (χ1v) is 9.94. The number of nitrogens with zero attached hydrogens (tertiary/aromatic N) is 1. The summed E-state index contributed by atoms with van der Waals surface area (Å²) in [6.07, 6.45) is -0.246. The van der Waals surface area contributed by atoms with E-state index in [1.165, 1.54) is 11.3 Å². The van der Waals surface area contributed by atoms with E-state index < -0.39 is 11.5 Å². The lowest BCUT2D eigenvalue weighted by Gasteiger charge is -2.22. The van der Waals surface area contributed by atoms with E-state index in [0.29, 0.717) is 22.7 Å². The van der Waals surface area contributed by atoms with Gasteiger partial charge in [0.15, 0.2) is 11.4 Å². The van der Waals surface area contributed by atoms with Gasteiger partial charge >= 0.3 is 0 Å². The van der Waals surface area contributed by atoms with E-state index in [1.54, 1.807) is 34.4 Å². The smallest absolute Gasteiger partial charge is 0.264 e. The van der Waals surface area contributed by atoms with Crippen molar-refractivity contribution >= 4 is 40.1 Å². The Morgan fingerprint density at radius 2 is 1.96 bits per heavy atom. The van der Waals surface area contributed by atoms with E-state index in [2.05, 4.69) is 0 Å². The number of aliphatic hydroxyl groups is 1. The Morgan fingerprint density at radius 1 is 1.15 bits per heavy atom. The Bertz CT molecular complexity index is 977. The normalized spacial score (nSPS) is 19.0. The van der Waals surface area contributed by atoms with Crippen LogP contribution in [0.4, 0.5) is 5.69 Å². The van der Waals surface area contributed by atoms with Gasteiger partial charge in [0.05, 0.1) is 23.5 Å². The number of hydrogen-bond acceptors (Lipinski definition) is 5. The highest BCUT2D eigenvalue weighted by Crippen LogP contribution is 2.44. The van der Waals surface area contributed by atoms with Crippen LogP contribution in [0.3, 0.4) is 0 Å². The van der Waals surface area contributed by atoms with Crippen molar-refractivity contribution in [1.29, 1.82) is 0 Å². The predicted octanol–water partition coefficient (Wildman–Crippen LogP) is 4.13. The number of ketones is 1. The van der Waals surface area contributed by atoms with Crippen molar-refractivity contribution in [2.45, 2.75) is 25.5 Å². The van der Waals surface area contributed by atoms with Crippen LogP contribution in [0, 0.1) is 6.92 Å². The van der Waals surface area contributed by atoms with Gasteiger partial charge in [-0.25, -0.2) is 0 Å². The minimum absolute atomic E-state index is 0.216. The molecule has 4 nitrogen and oxygen atoms in total. The van der Waals surface area contributed by atoms with Gasteiger partial charge in [-0.2, -0.15) is 0 Å². The van der Waals surface area contributed by atoms with Crippen LogP contribution >= 0.6 is 22.7 Å². The van der Waals surface area contributed by atoms with E-state index in [0.717, 1.165) is 9.75 Å². The highest BCUT2D eigenvalue weighted by atomic mass is 32.1. The number of para-hydroxylation sites is 1. The van der Waals surface area contributed by atoms with E-state index in [9.17, 15) is 14.7 Å². The quantitative estimate of drug-likeness (QED) is 0.674. The number of hydrogen-bond donors (Lipinski definition) is 1. The molecule has 3 heterocycles. The Labute approximate surface area is 159 Å². The SMILES string of the molecule is Cc1ccc(C(=O)CC2(O)C(=O)N(Cc3cccs3)c3ccccc32)s1. The molecule has 1 unspecified atom stereocenters. The zero-order chi connectivity index (χ0) is 18.3. The van der Waals surface area contributed by atoms with E-state index >= 15 is 0 Å². The molecule has 4 rings (SSSR count). The molecule has 1 atom stereocenters. The summed E-state index contributed by atoms with van der Waals surface area (Å²) in [6.45, 7) is 2.32. The van der Waals surface area contributed by atoms with Crippen molar-refractivity contribution in [3.63, 3.8) is 0 Å². The zero-order valence-electron chi connectivity index (χ0n) is 14.1. The summed E-state index contributed by atoms with van der Waals surface area (Å²) in [5, 5.41) is 13.2. The maximum atomic E-state index is 13.1. The maximum absolute atomic E-state index is 13.1. The lowest BCUT2D eigenvalue weighted by Crippen LogP contribution is -2.41. The molecular formula is C20H17NO3S2. The van der Waals surface area contributed by atoms with E-state index in [1.807, 2.05) is 42.6 Å². The van der Waals surface area contributed by atoms with Crippen LogP contribution in [0.1, 0.15) is 31.4 Å². The number of carbonyl (C=O) groups is 2. The van der Waals surface area contributed by atoms with Crippen molar-refractivity contribution in [2.75, 3.05) is 4.90 Å². The van der Waals surface area contributed by atoms with Gasteiger partial charge in [-0.1, -0.05) is 24.3 Å². The van der Waals surface area contributed by atoms with Gasteiger partial charge in [0.25, 0.3) is 5.91 Å². The molecule has 26 heavy (non-hydrogen) atoms. The van der Waals surface area contributed by atoms with E-state index in [4.69, 9.17) is 0 Å². The zero-order valence-corrected chi connectivity index (χ0v) is 15.8. The topological polar surface area (TPSA) is 57.6 Å². The molecule has 1 aromatic carbocycles. The molecule has 0 spiro atoms. The third-order valence-corrected chi connectivity index (χ3v) is 6.47. The average Bonchev–Trinajstić information content (AvgIpc) is 3.33. The molecule has 0 aliphatic carbocycles. The largest absolute Gasteiger partial charge is 0.375 e. The Morgan fingerprint density at radius 3 is 2.65 bits per heavy atom. The van der Waals surface area contributed by atoms with Crippen molar-refractivity contribution in [2.24, 2.45) is 0 Å². The van der Waals surface area contributed by atoms with Crippen molar-refractivity contribution < 1.29 is 14.7 Å². The highest BCUT2D eigenvalue weighted by Gasteiger charge is 2.50. The van der Waals surface area contributed by atoms with Crippen molar-refractivity contribution in [3.8, 4) is 0 Å². The van der Waals surface area contributed by atoms with Gasteiger partial charge in [-0.05, 0) is 36.6 Å². The molecule has 1 aliphatic heterocycles. The average molecular weight is 383 g/mol. The minimum atomic E-state index is -1.82. The Balaban J connectivity index is 1.69. The van der Waals surface area contributed by atoms with Crippen molar-refractivity contribution in [1.82, 2.24) is 0 Å². The van der Waals surface area contributed by atoms with Crippen LogP contribution in [0.15, 0.2) is 53.9 Å². The molecule has 6 heteroatoms. The molecule has 2 aromatic heterocycles. The number of carbonyl (C=O) groups excluding carboxylic acids is 2. The summed E-state index contributed by atoms with van der Waals surface area (Å²) in [5.41, 5.74) is -0.644. The lowest BCUT2D eigenvalue weighted by atomic mass is 9.89. The summed E-state index contributed by atoms with van der Waals surface area (Å²) in [7, 11) is 0. The van der Waals surface area contributed by atoms with Crippen LogP contribution in [0.2, 0.25) is 0 Å². The number of fused-ring (bicyclic) bond motifs is 1. The summed E-state index contributed by atoms with van der Waals surface area (Å²) in [4.78, 5) is 30.0. The number of amides is 1. The Kier molecular flexibility index (Phi) is 4.26. The second-order valence-electron chi connectivity index (χ2n) is 6.36. The fraction of sp³-hybridized carbons (Fsp3) is 0.200. The third-order valence-electron chi connectivity index (χ3n) is 4.56. The molecule has 0 radical (unpaired) electrons. The van der Waals surface area contributed by atoms with Crippen LogP contribution in [0.25, 0.3) is 0 Å².